The summed E-state index contributed by atoms with van der Waals surface area (Å²) in [5, 5.41) is 7.69. The van der Waals surface area contributed by atoms with Crippen LogP contribution in [-0.4, -0.2) is 54.1 Å². The maximum absolute atomic E-state index is 5.70. The number of nitrogens with zero attached hydrogens (tertiary/aromatic N) is 2. The first kappa shape index (κ1) is 15.3. The van der Waals surface area contributed by atoms with Gasteiger partial charge in [0.05, 0.1) is 19.1 Å². The van der Waals surface area contributed by atoms with Gasteiger partial charge in [0.25, 0.3) is 0 Å². The fourth-order valence-corrected chi connectivity index (χ4v) is 3.56. The van der Waals surface area contributed by atoms with Gasteiger partial charge < -0.3 is 19.3 Å². The molecule has 7 heteroatoms. The molecule has 0 aromatic carbocycles. The largest absolute Gasteiger partial charge is 0.381 e. The Kier molecular flexibility index (Phi) is 5.51. The predicted molar refractivity (Wildman–Crippen MR) is 80.6 cm³/mol. The number of thioether (sulfide) groups is 1. The van der Waals surface area contributed by atoms with Gasteiger partial charge in [0.1, 0.15) is 6.10 Å². The number of hydrogen-bond acceptors (Lipinski definition) is 7. The zero-order valence-electron chi connectivity index (χ0n) is 12.4. The number of ether oxygens (including phenoxy) is 2. The summed E-state index contributed by atoms with van der Waals surface area (Å²) in [6.45, 7) is 5.37. The third-order valence-corrected chi connectivity index (χ3v) is 4.89. The van der Waals surface area contributed by atoms with Gasteiger partial charge in [0.15, 0.2) is 0 Å². The minimum Gasteiger partial charge on any atom is -0.381 e. The molecule has 2 saturated heterocycles. The first-order chi connectivity index (χ1) is 10.4. The van der Waals surface area contributed by atoms with E-state index in [2.05, 4.69) is 22.4 Å². The smallest absolute Gasteiger partial charge is 0.233 e. The maximum Gasteiger partial charge on any atom is 0.233 e. The minimum atomic E-state index is -0.0344. The number of nitrogens with one attached hydrogen (secondary N) is 1. The van der Waals surface area contributed by atoms with Gasteiger partial charge in [-0.25, -0.2) is 0 Å². The molecule has 0 bridgehead atoms. The van der Waals surface area contributed by atoms with Crippen LogP contribution in [0.5, 0.6) is 0 Å². The Morgan fingerprint density at radius 3 is 3.14 bits per heavy atom. The highest BCUT2D eigenvalue weighted by molar-refractivity contribution is 7.99. The Hall–Kier alpha value is -0.630. The third-order valence-electron chi connectivity index (χ3n) is 3.89. The lowest BCUT2D eigenvalue weighted by Gasteiger charge is -2.29. The lowest BCUT2D eigenvalue weighted by atomic mass is 9.95. The standard InChI is InChI=1S/C14H23N3O3S/c1-2-4-15-11-3-5-18-8-10(11)14-16-13(17-20-14)12-9-21-7-6-19-12/h10-12,15H,2-9H2,1H3. The molecule has 3 unspecified atom stereocenters. The van der Waals surface area contributed by atoms with Crippen LogP contribution in [-0.2, 0) is 9.47 Å². The molecule has 21 heavy (non-hydrogen) atoms. The van der Waals surface area contributed by atoms with E-state index in [1.165, 1.54) is 0 Å². The van der Waals surface area contributed by atoms with Crippen molar-refractivity contribution in [2.45, 2.75) is 37.8 Å². The lowest BCUT2D eigenvalue weighted by Crippen LogP contribution is -2.41. The second kappa shape index (κ2) is 7.58. The van der Waals surface area contributed by atoms with E-state index in [1.54, 1.807) is 0 Å². The Morgan fingerprint density at radius 2 is 2.33 bits per heavy atom. The highest BCUT2D eigenvalue weighted by Crippen LogP contribution is 2.28. The molecule has 1 N–H and O–H groups in total. The highest BCUT2D eigenvalue weighted by Gasteiger charge is 2.32. The Labute approximate surface area is 129 Å². The molecule has 3 rings (SSSR count). The molecule has 3 atom stereocenters. The van der Waals surface area contributed by atoms with Crippen molar-refractivity contribution < 1.29 is 14.0 Å². The molecule has 3 heterocycles. The SMILES string of the molecule is CCCNC1CCOCC1c1nc(C2CSCCO2)no1. The zero-order chi connectivity index (χ0) is 14.5. The molecule has 0 spiro atoms. The Morgan fingerprint density at radius 1 is 1.38 bits per heavy atom. The van der Waals surface area contributed by atoms with E-state index in [1.807, 2.05) is 11.8 Å². The molecule has 2 aliphatic heterocycles. The molecule has 0 amide bonds. The van der Waals surface area contributed by atoms with Crippen LogP contribution in [0, 0.1) is 0 Å². The monoisotopic (exact) mass is 313 g/mol. The van der Waals surface area contributed by atoms with Gasteiger partial charge >= 0.3 is 0 Å². The summed E-state index contributed by atoms with van der Waals surface area (Å²) >= 11 is 1.87. The maximum atomic E-state index is 5.70. The third kappa shape index (κ3) is 3.77. The van der Waals surface area contributed by atoms with Crippen molar-refractivity contribution in [3.05, 3.63) is 11.7 Å². The van der Waals surface area contributed by atoms with Gasteiger partial charge in [-0.1, -0.05) is 12.1 Å². The number of hydrogen-bond donors (Lipinski definition) is 1. The predicted octanol–water partition coefficient (Wildman–Crippen LogP) is 1.75. The Balaban J connectivity index is 1.67. The number of aromatic nitrogens is 2. The van der Waals surface area contributed by atoms with E-state index in [0.29, 0.717) is 24.4 Å². The van der Waals surface area contributed by atoms with Crippen LogP contribution in [0.1, 0.15) is 43.5 Å². The molecule has 0 saturated carbocycles. The molecular weight excluding hydrogens is 290 g/mol. The van der Waals surface area contributed by atoms with Crippen LogP contribution in [0.15, 0.2) is 4.52 Å². The molecule has 1 aromatic rings. The van der Waals surface area contributed by atoms with E-state index in [9.17, 15) is 0 Å². The fraction of sp³-hybridized carbons (Fsp3) is 0.857. The van der Waals surface area contributed by atoms with Crippen molar-refractivity contribution in [1.82, 2.24) is 15.5 Å². The van der Waals surface area contributed by atoms with Gasteiger partial charge in [0.2, 0.25) is 11.7 Å². The van der Waals surface area contributed by atoms with Crippen molar-refractivity contribution >= 4 is 11.8 Å². The van der Waals surface area contributed by atoms with Crippen LogP contribution in [0.25, 0.3) is 0 Å². The second-order valence-corrected chi connectivity index (χ2v) is 6.61. The van der Waals surface area contributed by atoms with Gasteiger partial charge in [-0.05, 0) is 19.4 Å². The summed E-state index contributed by atoms with van der Waals surface area (Å²) in [6.07, 6.45) is 2.07. The van der Waals surface area contributed by atoms with Crippen LogP contribution in [0.3, 0.4) is 0 Å². The van der Waals surface area contributed by atoms with E-state index < -0.39 is 0 Å². The summed E-state index contributed by atoms with van der Waals surface area (Å²) in [5.74, 6) is 3.44. The normalized spacial score (nSPS) is 30.4. The Bertz CT molecular complexity index is 437. The summed E-state index contributed by atoms with van der Waals surface area (Å²) in [5.41, 5.74) is 0. The quantitative estimate of drug-likeness (QED) is 0.888. The summed E-state index contributed by atoms with van der Waals surface area (Å²) < 4.78 is 16.8. The molecule has 118 valence electrons. The average Bonchev–Trinajstić information content (AvgIpc) is 3.04. The topological polar surface area (TPSA) is 69.4 Å². The van der Waals surface area contributed by atoms with Crippen molar-refractivity contribution in [1.29, 1.82) is 0 Å². The molecule has 2 fully saturated rings. The van der Waals surface area contributed by atoms with Crippen LogP contribution < -0.4 is 5.32 Å². The van der Waals surface area contributed by atoms with Crippen LogP contribution in [0.2, 0.25) is 0 Å². The first-order valence-corrected chi connectivity index (χ1v) is 8.88. The molecule has 0 aliphatic carbocycles. The van der Waals surface area contributed by atoms with Gasteiger partial charge in [-0.15, -0.1) is 0 Å². The van der Waals surface area contributed by atoms with Crippen LogP contribution >= 0.6 is 11.8 Å². The van der Waals surface area contributed by atoms with Crippen molar-refractivity contribution in [3.8, 4) is 0 Å². The highest BCUT2D eigenvalue weighted by atomic mass is 32.2. The van der Waals surface area contributed by atoms with E-state index >= 15 is 0 Å². The van der Waals surface area contributed by atoms with Crippen LogP contribution in [0.4, 0.5) is 0 Å². The fourth-order valence-electron chi connectivity index (χ4n) is 2.72. The van der Waals surface area contributed by atoms with E-state index in [0.717, 1.165) is 44.1 Å². The van der Waals surface area contributed by atoms with Crippen molar-refractivity contribution in [3.63, 3.8) is 0 Å². The summed E-state index contributed by atoms with van der Waals surface area (Å²) in [7, 11) is 0. The lowest BCUT2D eigenvalue weighted by molar-refractivity contribution is 0.0497. The summed E-state index contributed by atoms with van der Waals surface area (Å²) in [6, 6.07) is 0.355. The van der Waals surface area contributed by atoms with E-state index in [4.69, 9.17) is 14.0 Å². The first-order valence-electron chi connectivity index (χ1n) is 7.72. The van der Waals surface area contributed by atoms with Gasteiger partial charge in [0, 0.05) is 24.2 Å². The van der Waals surface area contributed by atoms with Gasteiger partial charge in [-0.3, -0.25) is 0 Å². The summed E-state index contributed by atoms with van der Waals surface area (Å²) in [4.78, 5) is 4.58. The molecular formula is C14H23N3O3S. The molecule has 2 aliphatic rings. The average molecular weight is 313 g/mol. The van der Waals surface area contributed by atoms with Crippen molar-refractivity contribution in [2.75, 3.05) is 37.9 Å². The second-order valence-electron chi connectivity index (χ2n) is 5.46. The van der Waals surface area contributed by atoms with Crippen molar-refractivity contribution in [2.24, 2.45) is 0 Å². The molecule has 1 aromatic heterocycles. The zero-order valence-corrected chi connectivity index (χ0v) is 13.2. The molecule has 0 radical (unpaired) electrons. The number of rotatable bonds is 5. The van der Waals surface area contributed by atoms with E-state index in [-0.39, 0.29) is 12.0 Å². The molecule has 6 nitrogen and oxygen atoms in total. The van der Waals surface area contributed by atoms with Gasteiger partial charge in [-0.2, -0.15) is 16.7 Å². The minimum absolute atomic E-state index is 0.0344.